The number of ether oxygens (including phenoxy) is 1. The largest absolute Gasteiger partial charge is 0.347 e. The Bertz CT molecular complexity index is 259. The van der Waals surface area contributed by atoms with Gasteiger partial charge in [-0.15, -0.1) is 0 Å². The monoisotopic (exact) mass is 232 g/mol. The fraction of sp³-hybridized carbons (Fsp3) is 0.250. The van der Waals surface area contributed by atoms with Gasteiger partial charge in [0.2, 0.25) is 0 Å². The van der Waals surface area contributed by atoms with E-state index in [1.54, 1.807) is 0 Å². The molecule has 1 saturated heterocycles. The third-order valence-corrected chi connectivity index (χ3v) is 2.50. The minimum Gasteiger partial charge on any atom is -0.347 e. The minimum atomic E-state index is -0.115. The molecule has 0 amide bonds. The average Bonchev–Trinajstić information content (AvgIpc) is 2.69. The van der Waals surface area contributed by atoms with Crippen molar-refractivity contribution in [2.75, 3.05) is 0 Å². The summed E-state index contributed by atoms with van der Waals surface area (Å²) in [4.78, 5) is 0. The molecule has 1 aliphatic rings. The van der Waals surface area contributed by atoms with E-state index >= 15 is 0 Å². The van der Waals surface area contributed by atoms with Crippen LogP contribution in [0.4, 0.5) is 0 Å². The van der Waals surface area contributed by atoms with Crippen molar-refractivity contribution in [1.82, 2.24) is 0 Å². The number of benzene rings is 1. The van der Waals surface area contributed by atoms with E-state index in [9.17, 15) is 0 Å². The summed E-state index contributed by atoms with van der Waals surface area (Å²) < 4.78 is 6.17. The lowest BCUT2D eigenvalue weighted by Crippen LogP contribution is -1.80. The maximum Gasteiger partial charge on any atom is 0.162 e. The van der Waals surface area contributed by atoms with Crippen LogP contribution < -0.4 is 0 Å². The summed E-state index contributed by atoms with van der Waals surface area (Å²) >= 11 is 9.05. The molecular formula is C8H6BrClO. The highest BCUT2D eigenvalue weighted by molar-refractivity contribution is 9.10. The number of halogens is 2. The fourth-order valence-corrected chi connectivity index (χ4v) is 1.50. The first-order valence-corrected chi connectivity index (χ1v) is 4.55. The van der Waals surface area contributed by atoms with Crippen molar-refractivity contribution >= 4 is 27.5 Å². The van der Waals surface area contributed by atoms with Crippen molar-refractivity contribution in [1.29, 1.82) is 0 Å². The van der Waals surface area contributed by atoms with Crippen molar-refractivity contribution in [3.05, 3.63) is 34.3 Å². The van der Waals surface area contributed by atoms with Crippen LogP contribution in [0.1, 0.15) is 11.7 Å². The van der Waals surface area contributed by atoms with Crippen molar-refractivity contribution in [2.24, 2.45) is 0 Å². The zero-order chi connectivity index (χ0) is 7.84. The Morgan fingerprint density at radius 1 is 1.27 bits per heavy atom. The Balaban J connectivity index is 2.21. The van der Waals surface area contributed by atoms with E-state index in [1.807, 2.05) is 24.3 Å². The van der Waals surface area contributed by atoms with E-state index in [2.05, 4.69) is 15.9 Å². The van der Waals surface area contributed by atoms with Crippen LogP contribution in [0.5, 0.6) is 0 Å². The molecule has 58 valence electrons. The highest BCUT2D eigenvalue weighted by Crippen LogP contribution is 2.41. The molecule has 1 fully saturated rings. The molecule has 1 aliphatic heterocycles. The van der Waals surface area contributed by atoms with Gasteiger partial charge in [-0.1, -0.05) is 39.7 Å². The molecule has 2 rings (SSSR count). The van der Waals surface area contributed by atoms with Gasteiger partial charge in [0.1, 0.15) is 6.10 Å². The zero-order valence-electron chi connectivity index (χ0n) is 5.63. The molecule has 0 N–H and O–H groups in total. The lowest BCUT2D eigenvalue weighted by molar-refractivity contribution is 0.404. The summed E-state index contributed by atoms with van der Waals surface area (Å²) in [6.45, 7) is 0. The van der Waals surface area contributed by atoms with Crippen molar-refractivity contribution < 1.29 is 4.74 Å². The maximum atomic E-state index is 5.69. The van der Waals surface area contributed by atoms with Crippen LogP contribution in [-0.2, 0) is 4.74 Å². The van der Waals surface area contributed by atoms with Crippen LogP contribution in [0.2, 0.25) is 0 Å². The Hall–Kier alpha value is -0.0500. The quantitative estimate of drug-likeness (QED) is 0.536. The predicted octanol–water partition coefficient (Wildman–Crippen LogP) is 3.09. The van der Waals surface area contributed by atoms with Gasteiger partial charge in [0.15, 0.2) is 5.56 Å². The zero-order valence-corrected chi connectivity index (χ0v) is 7.97. The Morgan fingerprint density at radius 3 is 2.27 bits per heavy atom. The molecule has 0 saturated carbocycles. The van der Waals surface area contributed by atoms with E-state index < -0.39 is 0 Å². The second kappa shape index (κ2) is 2.77. The van der Waals surface area contributed by atoms with Gasteiger partial charge in [-0.3, -0.25) is 0 Å². The van der Waals surface area contributed by atoms with Gasteiger partial charge in [-0.05, 0) is 17.7 Å². The van der Waals surface area contributed by atoms with Crippen LogP contribution in [0, 0.1) is 0 Å². The standard InChI is InChI=1S/C8H6BrClO/c9-6-3-1-5(2-4-6)7-8(10)11-7/h1-4,7-8H/t7-,8+/m0/s1. The van der Waals surface area contributed by atoms with E-state index in [-0.39, 0.29) is 11.7 Å². The molecule has 11 heavy (non-hydrogen) atoms. The van der Waals surface area contributed by atoms with Gasteiger partial charge >= 0.3 is 0 Å². The summed E-state index contributed by atoms with van der Waals surface area (Å²) in [7, 11) is 0. The highest BCUT2D eigenvalue weighted by atomic mass is 79.9. The third-order valence-electron chi connectivity index (χ3n) is 1.64. The normalized spacial score (nSPS) is 28.5. The van der Waals surface area contributed by atoms with Gasteiger partial charge in [0, 0.05) is 4.47 Å². The molecule has 0 radical (unpaired) electrons. The molecule has 1 aromatic rings. The molecule has 0 spiro atoms. The molecule has 1 heterocycles. The Kier molecular flexibility index (Phi) is 1.91. The molecule has 0 aliphatic carbocycles. The average molecular weight is 233 g/mol. The minimum absolute atomic E-state index is 0.115. The lowest BCUT2D eigenvalue weighted by Gasteiger charge is -1.93. The number of hydrogen-bond donors (Lipinski definition) is 0. The van der Waals surface area contributed by atoms with E-state index in [0.717, 1.165) is 10.0 Å². The number of hydrogen-bond acceptors (Lipinski definition) is 1. The first kappa shape index (κ1) is 7.59. The smallest absolute Gasteiger partial charge is 0.162 e. The summed E-state index contributed by atoms with van der Waals surface area (Å²) in [6.07, 6.45) is 0.116. The Labute approximate surface area is 78.4 Å². The molecule has 0 aromatic heterocycles. The molecule has 3 heteroatoms. The number of epoxide rings is 1. The summed E-state index contributed by atoms with van der Waals surface area (Å²) in [6, 6.07) is 8.00. The van der Waals surface area contributed by atoms with Crippen LogP contribution in [0.3, 0.4) is 0 Å². The molecule has 0 bridgehead atoms. The van der Waals surface area contributed by atoms with Gasteiger partial charge in [-0.25, -0.2) is 0 Å². The predicted molar refractivity (Wildman–Crippen MR) is 47.6 cm³/mol. The van der Waals surface area contributed by atoms with E-state index in [1.165, 1.54) is 0 Å². The summed E-state index contributed by atoms with van der Waals surface area (Å²) in [5, 5.41) is 0. The van der Waals surface area contributed by atoms with Crippen LogP contribution in [0.15, 0.2) is 28.7 Å². The lowest BCUT2D eigenvalue weighted by atomic mass is 10.2. The molecule has 0 unspecified atom stereocenters. The summed E-state index contributed by atoms with van der Waals surface area (Å²) in [5.74, 6) is 0. The molecule has 2 atom stereocenters. The van der Waals surface area contributed by atoms with E-state index in [0.29, 0.717) is 0 Å². The second-order valence-corrected chi connectivity index (χ2v) is 3.81. The van der Waals surface area contributed by atoms with Crippen LogP contribution >= 0.6 is 27.5 Å². The molecule has 1 nitrogen and oxygen atoms in total. The van der Waals surface area contributed by atoms with Gasteiger partial charge < -0.3 is 4.74 Å². The fourth-order valence-electron chi connectivity index (χ4n) is 0.977. The van der Waals surface area contributed by atoms with E-state index in [4.69, 9.17) is 16.3 Å². The Morgan fingerprint density at radius 2 is 1.82 bits per heavy atom. The molecule has 1 aromatic carbocycles. The second-order valence-electron chi connectivity index (χ2n) is 2.46. The van der Waals surface area contributed by atoms with Crippen molar-refractivity contribution in [2.45, 2.75) is 11.7 Å². The van der Waals surface area contributed by atoms with Crippen LogP contribution in [0.25, 0.3) is 0 Å². The highest BCUT2D eigenvalue weighted by Gasteiger charge is 2.38. The topological polar surface area (TPSA) is 12.5 Å². The van der Waals surface area contributed by atoms with Crippen LogP contribution in [-0.4, -0.2) is 5.56 Å². The van der Waals surface area contributed by atoms with Crippen molar-refractivity contribution in [3.8, 4) is 0 Å². The van der Waals surface area contributed by atoms with Gasteiger partial charge in [0.05, 0.1) is 0 Å². The maximum absolute atomic E-state index is 5.69. The SMILES string of the molecule is Cl[C@@H]1O[C@H]1c1ccc(Br)cc1. The van der Waals surface area contributed by atoms with Gasteiger partial charge in [-0.2, -0.15) is 0 Å². The first-order valence-electron chi connectivity index (χ1n) is 3.32. The molecular weight excluding hydrogens is 227 g/mol. The summed E-state index contributed by atoms with van der Waals surface area (Å²) in [5.41, 5.74) is 1.03. The number of alkyl halides is 1. The third kappa shape index (κ3) is 1.58. The number of rotatable bonds is 1. The van der Waals surface area contributed by atoms with Crippen molar-refractivity contribution in [3.63, 3.8) is 0 Å². The first-order chi connectivity index (χ1) is 5.27. The van der Waals surface area contributed by atoms with Gasteiger partial charge in [0.25, 0.3) is 0 Å².